The number of hydrogen-bond acceptors (Lipinski definition) is 2. The summed E-state index contributed by atoms with van der Waals surface area (Å²) < 4.78 is 0. The fraction of sp³-hybridized carbons (Fsp3) is 0.250. The zero-order valence-electron chi connectivity index (χ0n) is 6.49. The molecule has 64 valence electrons. The first-order valence-electron chi connectivity index (χ1n) is 3.46. The molecule has 0 radical (unpaired) electrons. The summed E-state index contributed by atoms with van der Waals surface area (Å²) in [6, 6.07) is 3.33. The molecule has 1 atom stereocenters. The molecule has 0 amide bonds. The first kappa shape index (κ1) is 9.00. The third kappa shape index (κ3) is 1.74. The number of carbonyl (C=O) groups is 1. The molecule has 0 saturated heterocycles. The van der Waals surface area contributed by atoms with Crippen LogP contribution in [0.15, 0.2) is 18.3 Å². The van der Waals surface area contributed by atoms with E-state index in [-0.39, 0.29) is 5.15 Å². The molecule has 0 bridgehead atoms. The number of aliphatic carboxylic acids is 1. The molecule has 1 rings (SSSR count). The van der Waals surface area contributed by atoms with E-state index >= 15 is 0 Å². The van der Waals surface area contributed by atoms with E-state index in [0.717, 1.165) is 0 Å². The average molecular weight is 186 g/mol. The average Bonchev–Trinajstić information content (AvgIpc) is 2.04. The van der Waals surface area contributed by atoms with Gasteiger partial charge in [-0.2, -0.15) is 0 Å². The Hall–Kier alpha value is -1.09. The SMILES string of the molecule is CC(C(=O)O)c1cccnc1Cl. The van der Waals surface area contributed by atoms with Crippen molar-refractivity contribution in [1.29, 1.82) is 0 Å². The molecule has 1 aromatic heterocycles. The van der Waals surface area contributed by atoms with Crippen LogP contribution in [-0.4, -0.2) is 16.1 Å². The number of aromatic nitrogens is 1. The summed E-state index contributed by atoms with van der Waals surface area (Å²) in [6.45, 7) is 1.57. The van der Waals surface area contributed by atoms with Gasteiger partial charge in [0, 0.05) is 11.8 Å². The minimum absolute atomic E-state index is 0.257. The minimum atomic E-state index is -0.898. The van der Waals surface area contributed by atoms with Gasteiger partial charge in [0.2, 0.25) is 0 Å². The Morgan fingerprint density at radius 2 is 2.42 bits per heavy atom. The minimum Gasteiger partial charge on any atom is -0.481 e. The lowest BCUT2D eigenvalue weighted by Crippen LogP contribution is -2.08. The quantitative estimate of drug-likeness (QED) is 0.717. The van der Waals surface area contributed by atoms with E-state index in [0.29, 0.717) is 5.56 Å². The van der Waals surface area contributed by atoms with Crippen molar-refractivity contribution in [1.82, 2.24) is 4.98 Å². The second-order valence-corrected chi connectivity index (χ2v) is 2.80. The van der Waals surface area contributed by atoms with Gasteiger partial charge in [-0.25, -0.2) is 4.98 Å². The van der Waals surface area contributed by atoms with Crippen molar-refractivity contribution >= 4 is 17.6 Å². The number of hydrogen-bond donors (Lipinski definition) is 1. The third-order valence-corrected chi connectivity index (χ3v) is 1.94. The van der Waals surface area contributed by atoms with Gasteiger partial charge in [0.1, 0.15) is 5.15 Å². The first-order valence-corrected chi connectivity index (χ1v) is 3.84. The van der Waals surface area contributed by atoms with Crippen LogP contribution in [0.3, 0.4) is 0 Å². The number of carboxylic acids is 1. The molecular weight excluding hydrogens is 178 g/mol. The van der Waals surface area contributed by atoms with Crippen LogP contribution in [0.4, 0.5) is 0 Å². The van der Waals surface area contributed by atoms with E-state index in [1.165, 1.54) is 6.20 Å². The van der Waals surface area contributed by atoms with Crippen molar-refractivity contribution in [2.45, 2.75) is 12.8 Å². The molecule has 0 saturated carbocycles. The highest BCUT2D eigenvalue weighted by molar-refractivity contribution is 6.30. The van der Waals surface area contributed by atoms with E-state index in [1.54, 1.807) is 19.1 Å². The Bertz CT molecular complexity index is 301. The van der Waals surface area contributed by atoms with Crippen molar-refractivity contribution in [2.75, 3.05) is 0 Å². The molecule has 1 unspecified atom stereocenters. The summed E-state index contributed by atoms with van der Waals surface area (Å²) >= 11 is 5.69. The lowest BCUT2D eigenvalue weighted by Gasteiger charge is -2.06. The molecule has 0 aliphatic heterocycles. The molecule has 1 N–H and O–H groups in total. The van der Waals surface area contributed by atoms with E-state index in [2.05, 4.69) is 4.98 Å². The second kappa shape index (κ2) is 3.54. The van der Waals surface area contributed by atoms with Crippen molar-refractivity contribution in [3.63, 3.8) is 0 Å². The maximum Gasteiger partial charge on any atom is 0.310 e. The summed E-state index contributed by atoms with van der Waals surface area (Å²) in [7, 11) is 0. The number of nitrogens with zero attached hydrogens (tertiary/aromatic N) is 1. The van der Waals surface area contributed by atoms with Crippen LogP contribution < -0.4 is 0 Å². The fourth-order valence-corrected chi connectivity index (χ4v) is 1.14. The maximum absolute atomic E-state index is 10.6. The van der Waals surface area contributed by atoms with Crippen LogP contribution in [0, 0.1) is 0 Å². The van der Waals surface area contributed by atoms with Crippen molar-refractivity contribution < 1.29 is 9.90 Å². The summed E-state index contributed by atoms with van der Waals surface area (Å²) in [5.74, 6) is -1.50. The molecule has 0 aliphatic rings. The predicted molar refractivity (Wildman–Crippen MR) is 45.3 cm³/mol. The van der Waals surface area contributed by atoms with Crippen molar-refractivity contribution in [3.05, 3.63) is 29.0 Å². The van der Waals surface area contributed by atoms with Crippen LogP contribution in [-0.2, 0) is 4.79 Å². The van der Waals surface area contributed by atoms with Crippen LogP contribution >= 0.6 is 11.6 Å². The van der Waals surface area contributed by atoms with Crippen LogP contribution in [0.5, 0.6) is 0 Å². The van der Waals surface area contributed by atoms with Gasteiger partial charge in [-0.15, -0.1) is 0 Å². The molecule has 12 heavy (non-hydrogen) atoms. The van der Waals surface area contributed by atoms with Gasteiger partial charge in [0.15, 0.2) is 0 Å². The molecule has 0 spiro atoms. The molecule has 0 aliphatic carbocycles. The molecule has 0 aromatic carbocycles. The van der Waals surface area contributed by atoms with Gasteiger partial charge in [-0.1, -0.05) is 17.7 Å². The Labute approximate surface area is 75.0 Å². The monoisotopic (exact) mass is 185 g/mol. The normalized spacial score (nSPS) is 12.5. The van der Waals surface area contributed by atoms with Gasteiger partial charge in [-0.3, -0.25) is 4.79 Å². The van der Waals surface area contributed by atoms with Gasteiger partial charge >= 0.3 is 5.97 Å². The Balaban J connectivity index is 3.02. The van der Waals surface area contributed by atoms with Crippen molar-refractivity contribution in [3.8, 4) is 0 Å². The smallest absolute Gasteiger partial charge is 0.310 e. The van der Waals surface area contributed by atoms with E-state index < -0.39 is 11.9 Å². The van der Waals surface area contributed by atoms with E-state index in [4.69, 9.17) is 16.7 Å². The molecule has 1 aromatic rings. The molecular formula is C8H8ClNO2. The van der Waals surface area contributed by atoms with Gasteiger partial charge in [-0.05, 0) is 13.0 Å². The summed E-state index contributed by atoms with van der Waals surface area (Å²) in [5, 5.41) is 8.93. The first-order chi connectivity index (χ1) is 5.63. The summed E-state index contributed by atoms with van der Waals surface area (Å²) in [4.78, 5) is 14.4. The van der Waals surface area contributed by atoms with Crippen molar-refractivity contribution in [2.24, 2.45) is 0 Å². The zero-order valence-corrected chi connectivity index (χ0v) is 7.25. The highest BCUT2D eigenvalue weighted by atomic mass is 35.5. The molecule has 4 heteroatoms. The van der Waals surface area contributed by atoms with E-state index in [1.807, 2.05) is 0 Å². The number of carboxylic acid groups (broad SMARTS) is 1. The van der Waals surface area contributed by atoms with Crippen LogP contribution in [0.25, 0.3) is 0 Å². The Kier molecular flexibility index (Phi) is 2.65. The molecule has 1 heterocycles. The third-order valence-electron chi connectivity index (χ3n) is 1.62. The standard InChI is InChI=1S/C8H8ClNO2/c1-5(8(11)12)6-3-2-4-10-7(6)9/h2-5H,1H3,(H,11,12). The van der Waals surface area contributed by atoms with Gasteiger partial charge in [0.05, 0.1) is 5.92 Å². The summed E-state index contributed by atoms with van der Waals surface area (Å²) in [6.07, 6.45) is 1.53. The number of rotatable bonds is 2. The van der Waals surface area contributed by atoms with Crippen LogP contribution in [0.2, 0.25) is 5.15 Å². The highest BCUT2D eigenvalue weighted by Gasteiger charge is 2.16. The second-order valence-electron chi connectivity index (χ2n) is 2.44. The Morgan fingerprint density at radius 1 is 1.75 bits per heavy atom. The topological polar surface area (TPSA) is 50.2 Å². The number of halogens is 1. The zero-order chi connectivity index (χ0) is 9.14. The lowest BCUT2D eigenvalue weighted by molar-refractivity contribution is -0.138. The van der Waals surface area contributed by atoms with Gasteiger partial charge in [0.25, 0.3) is 0 Å². The molecule has 0 fully saturated rings. The molecule has 3 nitrogen and oxygen atoms in total. The highest BCUT2D eigenvalue weighted by Crippen LogP contribution is 2.21. The predicted octanol–water partition coefficient (Wildman–Crippen LogP) is 1.92. The Morgan fingerprint density at radius 3 is 2.92 bits per heavy atom. The lowest BCUT2D eigenvalue weighted by atomic mass is 10.0. The van der Waals surface area contributed by atoms with Crippen LogP contribution in [0.1, 0.15) is 18.4 Å². The largest absolute Gasteiger partial charge is 0.481 e. The maximum atomic E-state index is 10.6. The number of pyridine rings is 1. The fourth-order valence-electron chi connectivity index (χ4n) is 0.854. The van der Waals surface area contributed by atoms with Gasteiger partial charge < -0.3 is 5.11 Å². The van der Waals surface area contributed by atoms with E-state index in [9.17, 15) is 4.79 Å². The summed E-state index contributed by atoms with van der Waals surface area (Å²) in [5.41, 5.74) is 0.548.